The second-order valence-corrected chi connectivity index (χ2v) is 3.63. The number of rotatable bonds is 0. The minimum Gasteiger partial charge on any atom is -0.0619 e. The molecule has 2 heteroatoms. The Labute approximate surface area is 60.2 Å². The van der Waals surface area contributed by atoms with E-state index in [0.29, 0.717) is 0 Å². The lowest BCUT2D eigenvalue weighted by atomic mass is 10.2. The molecule has 0 saturated carbocycles. The molecular formula is C8H6OP+. The highest BCUT2D eigenvalue weighted by atomic mass is 31.1. The van der Waals surface area contributed by atoms with E-state index in [2.05, 4.69) is 0 Å². The van der Waals surface area contributed by atoms with Crippen molar-refractivity contribution in [3.8, 4) is 0 Å². The van der Waals surface area contributed by atoms with E-state index in [0.717, 1.165) is 10.9 Å². The van der Waals surface area contributed by atoms with Crippen LogP contribution < -0.4 is 5.30 Å². The quantitative estimate of drug-likeness (QED) is 0.516. The van der Waals surface area contributed by atoms with Crippen LogP contribution in [0.5, 0.6) is 0 Å². The molecule has 0 bridgehead atoms. The first kappa shape index (κ1) is 5.82. The minimum atomic E-state index is -1.21. The molecule has 0 saturated heterocycles. The first-order valence-electron chi connectivity index (χ1n) is 3.11. The molecule has 0 aliphatic carbocycles. The summed E-state index contributed by atoms with van der Waals surface area (Å²) in [5.41, 5.74) is 1.10. The molecule has 1 aliphatic heterocycles. The van der Waals surface area contributed by atoms with Crippen LogP contribution in [0.3, 0.4) is 0 Å². The summed E-state index contributed by atoms with van der Waals surface area (Å²) in [4.78, 5) is 0. The fourth-order valence-electron chi connectivity index (χ4n) is 1.06. The van der Waals surface area contributed by atoms with Crippen LogP contribution in [0.1, 0.15) is 5.56 Å². The maximum atomic E-state index is 11.1. The van der Waals surface area contributed by atoms with Crippen molar-refractivity contribution in [2.24, 2.45) is 0 Å². The summed E-state index contributed by atoms with van der Waals surface area (Å²) in [6, 6.07) is 7.76. The van der Waals surface area contributed by atoms with E-state index in [1.165, 1.54) is 0 Å². The normalized spacial score (nSPS) is 17.4. The molecule has 1 unspecified atom stereocenters. The molecule has 0 amide bonds. The van der Waals surface area contributed by atoms with Crippen molar-refractivity contribution in [2.75, 3.05) is 0 Å². The van der Waals surface area contributed by atoms with Gasteiger partial charge in [0.05, 0.1) is 0 Å². The third-order valence-electron chi connectivity index (χ3n) is 1.56. The van der Waals surface area contributed by atoms with Gasteiger partial charge in [0.25, 0.3) is 0 Å². The van der Waals surface area contributed by atoms with Gasteiger partial charge in [0.15, 0.2) is 5.82 Å². The molecule has 0 aromatic heterocycles. The third-order valence-corrected chi connectivity index (χ3v) is 2.87. The highest BCUT2D eigenvalue weighted by molar-refractivity contribution is 7.57. The minimum absolute atomic E-state index is 0.970. The van der Waals surface area contributed by atoms with Gasteiger partial charge in [0.2, 0.25) is 5.30 Å². The van der Waals surface area contributed by atoms with Gasteiger partial charge in [0.1, 0.15) is 0 Å². The Morgan fingerprint density at radius 2 is 2.00 bits per heavy atom. The zero-order chi connectivity index (χ0) is 6.97. The molecule has 48 valence electrons. The van der Waals surface area contributed by atoms with E-state index >= 15 is 0 Å². The summed E-state index contributed by atoms with van der Waals surface area (Å²) in [7, 11) is -1.21. The summed E-state index contributed by atoms with van der Waals surface area (Å²) >= 11 is 0. The van der Waals surface area contributed by atoms with Crippen molar-refractivity contribution in [3.05, 3.63) is 35.6 Å². The summed E-state index contributed by atoms with van der Waals surface area (Å²) in [6.45, 7) is 0. The van der Waals surface area contributed by atoms with Crippen molar-refractivity contribution in [2.45, 2.75) is 0 Å². The topological polar surface area (TPSA) is 17.1 Å². The lowest BCUT2D eigenvalue weighted by Crippen LogP contribution is -1.94. The predicted octanol–water partition coefficient (Wildman–Crippen LogP) is 2.12. The maximum absolute atomic E-state index is 11.1. The second-order valence-electron chi connectivity index (χ2n) is 2.20. The zero-order valence-electron chi connectivity index (χ0n) is 5.32. The van der Waals surface area contributed by atoms with Gasteiger partial charge in [-0.25, -0.2) is 0 Å². The van der Waals surface area contributed by atoms with Gasteiger partial charge in [-0.05, 0) is 12.1 Å². The fraction of sp³-hybridized carbons (Fsp3) is 0. The summed E-state index contributed by atoms with van der Waals surface area (Å²) in [5, 5.41) is 0.970. The lowest BCUT2D eigenvalue weighted by molar-refractivity contribution is 0.598. The third kappa shape index (κ3) is 0.714. The monoisotopic (exact) mass is 149 g/mol. The van der Waals surface area contributed by atoms with Crippen molar-refractivity contribution in [1.82, 2.24) is 0 Å². The van der Waals surface area contributed by atoms with E-state index in [9.17, 15) is 4.57 Å². The summed E-state index contributed by atoms with van der Waals surface area (Å²) in [6.07, 6.45) is 1.91. The van der Waals surface area contributed by atoms with Crippen LogP contribution in [0.4, 0.5) is 0 Å². The van der Waals surface area contributed by atoms with Crippen LogP contribution in [-0.4, -0.2) is 0 Å². The predicted molar refractivity (Wildman–Crippen MR) is 42.7 cm³/mol. The molecule has 2 rings (SSSR count). The van der Waals surface area contributed by atoms with Crippen LogP contribution in [0, 0.1) is 0 Å². The molecule has 0 radical (unpaired) electrons. The zero-order valence-corrected chi connectivity index (χ0v) is 6.21. The van der Waals surface area contributed by atoms with Crippen LogP contribution in [0.25, 0.3) is 6.08 Å². The molecule has 1 nitrogen and oxygen atoms in total. The molecule has 10 heavy (non-hydrogen) atoms. The van der Waals surface area contributed by atoms with Gasteiger partial charge in [0, 0.05) is 5.56 Å². The standard InChI is InChI=1S/C8H6OP/c9-10-6-5-7-3-1-2-4-8(7)10/h1-6H/q+1. The van der Waals surface area contributed by atoms with Gasteiger partial charge < -0.3 is 0 Å². The van der Waals surface area contributed by atoms with Crippen LogP contribution >= 0.6 is 7.80 Å². The summed E-state index contributed by atoms with van der Waals surface area (Å²) < 4.78 is 11.1. The van der Waals surface area contributed by atoms with E-state index in [4.69, 9.17) is 0 Å². The number of hydrogen-bond acceptors (Lipinski definition) is 1. The fourth-order valence-corrected chi connectivity index (χ4v) is 2.15. The first-order valence-corrected chi connectivity index (χ1v) is 4.44. The maximum Gasteiger partial charge on any atom is 0.408 e. The number of hydrogen-bond donors (Lipinski definition) is 0. The Morgan fingerprint density at radius 3 is 2.80 bits per heavy atom. The van der Waals surface area contributed by atoms with Crippen LogP contribution in [-0.2, 0) is 4.57 Å². The largest absolute Gasteiger partial charge is 0.408 e. The molecule has 0 N–H and O–H groups in total. The van der Waals surface area contributed by atoms with Crippen LogP contribution in [0.2, 0.25) is 0 Å². The number of benzene rings is 1. The molecule has 1 atom stereocenters. The molecule has 1 aromatic rings. The van der Waals surface area contributed by atoms with E-state index in [1.54, 1.807) is 5.82 Å². The number of fused-ring (bicyclic) bond motifs is 1. The van der Waals surface area contributed by atoms with E-state index in [-0.39, 0.29) is 0 Å². The Bertz CT molecular complexity index is 315. The summed E-state index contributed by atoms with van der Waals surface area (Å²) in [5.74, 6) is 1.75. The Morgan fingerprint density at radius 1 is 1.20 bits per heavy atom. The smallest absolute Gasteiger partial charge is 0.0619 e. The van der Waals surface area contributed by atoms with Crippen molar-refractivity contribution in [3.63, 3.8) is 0 Å². The SMILES string of the molecule is O=[P+]1C=Cc2ccccc21. The molecule has 1 aliphatic rings. The van der Waals surface area contributed by atoms with Gasteiger partial charge in [-0.2, -0.15) is 0 Å². The lowest BCUT2D eigenvalue weighted by Gasteiger charge is -1.83. The molecular weight excluding hydrogens is 143 g/mol. The highest BCUT2D eigenvalue weighted by Crippen LogP contribution is 2.30. The van der Waals surface area contributed by atoms with Gasteiger partial charge in [-0.3, -0.25) is 0 Å². The molecule has 1 heterocycles. The molecule has 0 spiro atoms. The molecule has 1 aromatic carbocycles. The second kappa shape index (κ2) is 2.03. The van der Waals surface area contributed by atoms with Crippen LogP contribution in [0.15, 0.2) is 30.1 Å². The average Bonchev–Trinajstić information content (AvgIpc) is 2.34. The van der Waals surface area contributed by atoms with Gasteiger partial charge in [-0.15, -0.1) is 0 Å². The van der Waals surface area contributed by atoms with Crippen molar-refractivity contribution >= 4 is 19.2 Å². The van der Waals surface area contributed by atoms with Gasteiger partial charge in [-0.1, -0.05) is 22.8 Å². The van der Waals surface area contributed by atoms with Gasteiger partial charge >= 0.3 is 7.80 Å². The highest BCUT2D eigenvalue weighted by Gasteiger charge is 2.24. The first-order chi connectivity index (χ1) is 4.88. The van der Waals surface area contributed by atoms with Crippen molar-refractivity contribution in [1.29, 1.82) is 0 Å². The Kier molecular flexibility index (Phi) is 1.18. The Hall–Kier alpha value is -0.940. The Balaban J connectivity index is 2.70. The van der Waals surface area contributed by atoms with E-state index < -0.39 is 7.80 Å². The average molecular weight is 149 g/mol. The van der Waals surface area contributed by atoms with E-state index in [1.807, 2.05) is 30.3 Å². The van der Waals surface area contributed by atoms with Crippen molar-refractivity contribution < 1.29 is 4.57 Å². The molecule has 0 fully saturated rings.